The summed E-state index contributed by atoms with van der Waals surface area (Å²) in [6.07, 6.45) is 38.3. The molecule has 1 saturated heterocycles. The highest BCUT2D eigenvalue weighted by Gasteiger charge is 2.48. The SMILES string of the molecule is C#CC(=O)NC1(C)CCC(c2ccc(-c3cc(OCC)cn4ncc(C#N)c34)cn2)CC1.C#CC(=O)NC1(CC)CCN(c2ccc(-c3cc(OCC)cn4ncc(C#N)c34)cn2)CS1(=O)=O.C#CC(=O)NC1CCC(c2ccc(-c3cc(OCC)cn4ncc(C#N)c34)cn2)CC1. The second-order valence-corrected chi connectivity index (χ2v) is 26.4. The number of hydrogen-bond acceptors (Lipinski definition) is 18. The van der Waals surface area contributed by atoms with E-state index in [9.17, 15) is 38.6 Å². The molecule has 3 aliphatic rings. The van der Waals surface area contributed by atoms with Crippen LogP contribution in [0.1, 0.15) is 139 Å². The van der Waals surface area contributed by atoms with Crippen molar-refractivity contribution in [3.8, 4) is 106 Å². The van der Waals surface area contributed by atoms with E-state index in [4.69, 9.17) is 43.4 Å². The Labute approximate surface area is 568 Å². The Balaban J connectivity index is 0.000000160. The van der Waals surface area contributed by atoms with E-state index in [2.05, 4.69) is 72.3 Å². The molecule has 2 aliphatic carbocycles. The summed E-state index contributed by atoms with van der Waals surface area (Å²) in [4.78, 5) is 49.0. The summed E-state index contributed by atoms with van der Waals surface area (Å²) in [5.41, 5.74) is 10.3. The number of nitriles is 3. The van der Waals surface area contributed by atoms with Crippen LogP contribution < -0.4 is 35.1 Å². The molecule has 12 rings (SSSR count). The molecule has 2 saturated carbocycles. The number of rotatable bonds is 16. The first-order valence-electron chi connectivity index (χ1n) is 32.2. The number of ether oxygens (including phenoxy) is 3. The van der Waals surface area contributed by atoms with Gasteiger partial charge in [0.1, 0.15) is 52.0 Å². The Morgan fingerprint density at radius 3 is 1.35 bits per heavy atom. The smallest absolute Gasteiger partial charge is 0.296 e. The topological polar surface area (TPSA) is 314 Å². The number of hydrogen-bond donors (Lipinski definition) is 3. The fraction of sp³-hybridized carbons (Fsp3) is 0.342. The standard InChI is InChI=1S/C25H25N5O2.C24H24N6O4S.C24H23N5O2/c1-4-23(31)29-25(3)10-8-17(9-11-25)22-7-6-18(14-27-22)21-12-20(32-5-2)16-30-24(21)19(13-26)15-28-30;1-4-22(31)28-24(5-2)9-10-29(16-35(24,32)33)21-8-7-17(13-26-21)20-11-19(34-6-3)15-30-23(20)18(12-25)14-27-30;1-3-23(30)28-19-8-5-16(6-9-19)22-10-7-17(13-26-22)21-11-20(31-4-2)15-29-24(21)18(12-25)14-27-29/h1,6-7,12,14-17H,5,8-11H2,2-3H3,(H,29,31);1,7-8,11,13-15H,5-6,9-10,16H2,2-3H3,(H,28,31);1,7,10-11,13-16,19H,4-6,8-9H2,2H3,(H,28,30). The summed E-state index contributed by atoms with van der Waals surface area (Å²) in [7, 11) is -3.75. The average molecular weight is 1330 g/mol. The van der Waals surface area contributed by atoms with Crippen LogP contribution in [0.15, 0.2) is 110 Å². The van der Waals surface area contributed by atoms with E-state index >= 15 is 0 Å². The van der Waals surface area contributed by atoms with Crippen LogP contribution in [0.25, 0.3) is 49.9 Å². The highest BCUT2D eigenvalue weighted by molar-refractivity contribution is 7.92. The molecule has 0 bridgehead atoms. The quantitative estimate of drug-likeness (QED) is 0.0758. The van der Waals surface area contributed by atoms with Gasteiger partial charge in [-0.15, -0.1) is 19.3 Å². The van der Waals surface area contributed by atoms with Crippen molar-refractivity contribution in [2.45, 2.75) is 127 Å². The van der Waals surface area contributed by atoms with Crippen LogP contribution in [0, 0.1) is 71.0 Å². The Hall–Kier alpha value is -11.8. The maximum absolute atomic E-state index is 13.1. The molecule has 24 nitrogen and oxygen atoms in total. The van der Waals surface area contributed by atoms with Gasteiger partial charge in [0, 0.05) is 99.7 Å². The fourth-order valence-electron chi connectivity index (χ4n) is 12.9. The Kier molecular flexibility index (Phi) is 21.4. The van der Waals surface area contributed by atoms with Gasteiger partial charge in [0.15, 0.2) is 9.84 Å². The Bertz CT molecular complexity index is 4830. The normalized spacial score (nSPS) is 19.2. The molecule has 1 atom stereocenters. The van der Waals surface area contributed by atoms with E-state index in [0.29, 0.717) is 83.5 Å². The minimum absolute atomic E-state index is 0.139. The molecule has 98 heavy (non-hydrogen) atoms. The first kappa shape index (κ1) is 69.1. The van der Waals surface area contributed by atoms with Crippen molar-refractivity contribution >= 4 is 49.9 Å². The predicted molar refractivity (Wildman–Crippen MR) is 367 cm³/mol. The number of pyridine rings is 6. The third-order valence-electron chi connectivity index (χ3n) is 18.0. The number of terminal acetylenes is 3. The van der Waals surface area contributed by atoms with Crippen molar-refractivity contribution in [2.75, 3.05) is 37.1 Å². The lowest BCUT2D eigenvalue weighted by Crippen LogP contribution is -2.61. The second-order valence-electron chi connectivity index (χ2n) is 24.1. The van der Waals surface area contributed by atoms with Crippen molar-refractivity contribution in [1.29, 1.82) is 15.8 Å². The molecule has 3 fully saturated rings. The zero-order valence-corrected chi connectivity index (χ0v) is 55.8. The summed E-state index contributed by atoms with van der Waals surface area (Å²) in [6, 6.07) is 24.1. The third-order valence-corrected chi connectivity index (χ3v) is 20.5. The molecule has 1 unspecified atom stereocenters. The van der Waals surface area contributed by atoms with Crippen LogP contribution in [0.4, 0.5) is 5.82 Å². The fourth-order valence-corrected chi connectivity index (χ4v) is 14.9. The monoisotopic (exact) mass is 1330 g/mol. The summed E-state index contributed by atoms with van der Waals surface area (Å²) in [5, 5.41) is 49.7. The molecule has 25 heteroatoms. The van der Waals surface area contributed by atoms with Crippen LogP contribution in [0.3, 0.4) is 0 Å². The maximum atomic E-state index is 13.1. The van der Waals surface area contributed by atoms with Gasteiger partial charge in [0.2, 0.25) is 0 Å². The molecule has 0 spiro atoms. The van der Waals surface area contributed by atoms with Crippen molar-refractivity contribution in [2.24, 2.45) is 0 Å². The predicted octanol–water partition coefficient (Wildman–Crippen LogP) is 9.38. The van der Waals surface area contributed by atoms with Crippen LogP contribution in [-0.2, 0) is 24.2 Å². The van der Waals surface area contributed by atoms with Crippen molar-refractivity contribution in [3.05, 3.63) is 138 Å². The number of sulfone groups is 1. The number of aromatic nitrogens is 9. The van der Waals surface area contributed by atoms with Crippen LogP contribution in [-0.4, -0.2) is 119 Å². The highest BCUT2D eigenvalue weighted by Crippen LogP contribution is 2.40. The van der Waals surface area contributed by atoms with Crippen LogP contribution in [0.2, 0.25) is 0 Å². The second kappa shape index (κ2) is 30.3. The number of anilines is 1. The number of amides is 3. The third kappa shape index (κ3) is 15.0. The average Bonchev–Trinajstić information content (AvgIpc) is 1.22. The Morgan fingerprint density at radius 1 is 0.561 bits per heavy atom. The number of nitrogens with zero attached hydrogens (tertiary/aromatic N) is 13. The lowest BCUT2D eigenvalue weighted by Gasteiger charge is -2.41. The van der Waals surface area contributed by atoms with E-state index in [1.807, 2.05) is 88.5 Å². The molecule has 0 radical (unpaired) electrons. The highest BCUT2D eigenvalue weighted by atomic mass is 32.2. The van der Waals surface area contributed by atoms with Crippen LogP contribution in [0.5, 0.6) is 17.2 Å². The first-order chi connectivity index (χ1) is 47.3. The minimum atomic E-state index is -3.75. The van der Waals surface area contributed by atoms with Gasteiger partial charge in [-0.2, -0.15) is 31.1 Å². The van der Waals surface area contributed by atoms with E-state index in [1.54, 1.807) is 68.6 Å². The van der Waals surface area contributed by atoms with Crippen molar-refractivity contribution in [3.63, 3.8) is 0 Å². The molecular weight excluding hydrogens is 1260 g/mol. The van der Waals surface area contributed by atoms with Gasteiger partial charge in [-0.05, 0) is 146 Å². The lowest BCUT2D eigenvalue weighted by atomic mass is 9.76. The van der Waals surface area contributed by atoms with Gasteiger partial charge in [0.25, 0.3) is 17.7 Å². The molecule has 498 valence electrons. The lowest BCUT2D eigenvalue weighted by molar-refractivity contribution is -0.118. The first-order valence-corrected chi connectivity index (χ1v) is 33.8. The van der Waals surface area contributed by atoms with Gasteiger partial charge < -0.3 is 35.1 Å². The van der Waals surface area contributed by atoms with E-state index in [-0.39, 0.29) is 42.1 Å². The molecule has 0 aromatic carbocycles. The summed E-state index contributed by atoms with van der Waals surface area (Å²) >= 11 is 0. The van der Waals surface area contributed by atoms with Gasteiger partial charge in [0.05, 0.1) is 90.2 Å². The van der Waals surface area contributed by atoms with Gasteiger partial charge in [-0.1, -0.05) is 19.1 Å². The molecule has 9 aromatic heterocycles. The molecule has 3 N–H and O–H groups in total. The summed E-state index contributed by atoms with van der Waals surface area (Å²) in [5.74, 6) is 7.57. The molecule has 3 amide bonds. The van der Waals surface area contributed by atoms with E-state index < -0.39 is 20.6 Å². The number of nitrogens with one attached hydrogen (secondary N) is 3. The number of fused-ring (bicyclic) bond motifs is 3. The van der Waals surface area contributed by atoms with Gasteiger partial charge in [-0.25, -0.2) is 26.9 Å². The molecule has 10 heterocycles. The van der Waals surface area contributed by atoms with Gasteiger partial charge >= 0.3 is 0 Å². The summed E-state index contributed by atoms with van der Waals surface area (Å²) < 4.78 is 48.2. The summed E-state index contributed by atoms with van der Waals surface area (Å²) in [6.45, 7) is 11.4. The molecular formula is C73H72N16O8S. The molecule has 1 aliphatic heterocycles. The number of carbonyl (C=O) groups is 3. The minimum Gasteiger partial charge on any atom is -0.492 e. The maximum Gasteiger partial charge on any atom is 0.296 e. The van der Waals surface area contributed by atoms with Crippen LogP contribution >= 0.6 is 0 Å². The van der Waals surface area contributed by atoms with E-state index in [0.717, 1.165) is 107 Å². The van der Waals surface area contributed by atoms with Gasteiger partial charge in [-0.3, -0.25) is 24.4 Å². The van der Waals surface area contributed by atoms with E-state index in [1.165, 1.54) is 6.20 Å². The zero-order valence-electron chi connectivity index (χ0n) is 55.0. The zero-order chi connectivity index (χ0) is 69.7. The van der Waals surface area contributed by atoms with Crippen molar-refractivity contribution < 1.29 is 37.0 Å². The van der Waals surface area contributed by atoms with Crippen molar-refractivity contribution in [1.82, 2.24) is 59.7 Å². The largest absolute Gasteiger partial charge is 0.492 e. The Morgan fingerprint density at radius 2 is 0.980 bits per heavy atom. The molecule has 9 aromatic rings. The number of carbonyl (C=O) groups excluding carboxylic acids is 3.